The lowest BCUT2D eigenvalue weighted by Crippen LogP contribution is -2.26. The Morgan fingerprint density at radius 2 is 1.67 bits per heavy atom. The van der Waals surface area contributed by atoms with Crippen molar-refractivity contribution >= 4 is 11.8 Å². The molecule has 0 spiro atoms. The van der Waals surface area contributed by atoms with Crippen molar-refractivity contribution in [3.63, 3.8) is 0 Å². The van der Waals surface area contributed by atoms with Crippen molar-refractivity contribution in [3.8, 4) is 5.75 Å². The molecule has 4 N–H and O–H groups in total. The number of amides is 2. The zero-order chi connectivity index (χ0) is 19.3. The molecule has 0 bridgehead atoms. The van der Waals surface area contributed by atoms with Gasteiger partial charge in [-0.05, 0) is 49.2 Å². The van der Waals surface area contributed by atoms with Gasteiger partial charge >= 0.3 is 0 Å². The van der Waals surface area contributed by atoms with E-state index < -0.39 is 0 Å². The zero-order valence-corrected chi connectivity index (χ0v) is 15.4. The number of nitrogens with one attached hydrogen (secondary N) is 2. The summed E-state index contributed by atoms with van der Waals surface area (Å²) in [6, 6.07) is 16.7. The summed E-state index contributed by atoms with van der Waals surface area (Å²) in [6.45, 7) is 2.07. The number of hydrogen-bond donors (Lipinski definition) is 3. The van der Waals surface area contributed by atoms with Crippen LogP contribution < -0.4 is 21.1 Å². The molecule has 0 saturated heterocycles. The smallest absolute Gasteiger partial charge is 0.251 e. The fraction of sp³-hybridized carbons (Fsp3) is 0.333. The lowest BCUT2D eigenvalue weighted by molar-refractivity contribution is -0.121. The Bertz CT molecular complexity index is 702. The van der Waals surface area contributed by atoms with Crippen molar-refractivity contribution in [1.82, 2.24) is 10.6 Å². The Balaban J connectivity index is 1.63. The average Bonchev–Trinajstić information content (AvgIpc) is 2.71. The topological polar surface area (TPSA) is 93.5 Å². The summed E-state index contributed by atoms with van der Waals surface area (Å²) in [6.07, 6.45) is 1.82. The zero-order valence-electron chi connectivity index (χ0n) is 15.4. The molecule has 0 atom stereocenters. The van der Waals surface area contributed by atoms with Gasteiger partial charge in [-0.1, -0.05) is 30.3 Å². The van der Waals surface area contributed by atoms with Crippen LogP contribution in [-0.4, -0.2) is 31.5 Å². The van der Waals surface area contributed by atoms with Gasteiger partial charge in [-0.2, -0.15) is 0 Å². The summed E-state index contributed by atoms with van der Waals surface area (Å²) in [4.78, 5) is 23.8. The lowest BCUT2D eigenvalue weighted by Gasteiger charge is -2.08. The number of rotatable bonds is 11. The van der Waals surface area contributed by atoms with Crippen LogP contribution in [0.15, 0.2) is 54.6 Å². The van der Waals surface area contributed by atoms with Gasteiger partial charge in [-0.3, -0.25) is 9.59 Å². The average molecular weight is 369 g/mol. The molecular formula is C21H27N3O3. The molecule has 0 fully saturated rings. The van der Waals surface area contributed by atoms with Crippen LogP contribution in [0, 0.1) is 0 Å². The van der Waals surface area contributed by atoms with Crippen molar-refractivity contribution in [2.75, 3.05) is 19.7 Å². The van der Waals surface area contributed by atoms with Crippen LogP contribution in [0.2, 0.25) is 0 Å². The van der Waals surface area contributed by atoms with Crippen LogP contribution in [0.5, 0.6) is 5.75 Å². The first kappa shape index (κ1) is 20.5. The van der Waals surface area contributed by atoms with E-state index in [2.05, 4.69) is 10.6 Å². The van der Waals surface area contributed by atoms with E-state index in [-0.39, 0.29) is 11.8 Å². The van der Waals surface area contributed by atoms with Crippen LogP contribution in [0.1, 0.15) is 35.2 Å². The van der Waals surface area contributed by atoms with Crippen molar-refractivity contribution in [2.45, 2.75) is 25.8 Å². The third-order valence-electron chi connectivity index (χ3n) is 3.93. The Hall–Kier alpha value is -2.86. The Morgan fingerprint density at radius 1 is 0.926 bits per heavy atom. The van der Waals surface area contributed by atoms with Gasteiger partial charge in [0, 0.05) is 25.1 Å². The predicted octanol–water partition coefficient (Wildman–Crippen LogP) is 2.24. The van der Waals surface area contributed by atoms with Crippen LogP contribution in [0.25, 0.3) is 0 Å². The van der Waals surface area contributed by atoms with Crippen molar-refractivity contribution in [1.29, 1.82) is 0 Å². The monoisotopic (exact) mass is 369 g/mol. The summed E-state index contributed by atoms with van der Waals surface area (Å²) in [5.74, 6) is 0.678. The number of carbonyl (C=O) groups excluding carboxylic acids is 2. The molecule has 2 rings (SSSR count). The van der Waals surface area contributed by atoms with E-state index >= 15 is 0 Å². The van der Waals surface area contributed by atoms with E-state index in [1.807, 2.05) is 42.5 Å². The number of carbonyl (C=O) groups is 2. The first-order valence-corrected chi connectivity index (χ1v) is 9.21. The molecule has 2 amide bonds. The predicted molar refractivity (Wildman–Crippen MR) is 105 cm³/mol. The van der Waals surface area contributed by atoms with Gasteiger partial charge in [-0.25, -0.2) is 0 Å². The fourth-order valence-corrected chi connectivity index (χ4v) is 2.41. The highest BCUT2D eigenvalue weighted by Crippen LogP contribution is 2.09. The molecule has 0 saturated carbocycles. The minimum Gasteiger partial charge on any atom is -0.494 e. The molecule has 2 aromatic rings. The first-order valence-electron chi connectivity index (χ1n) is 9.21. The molecule has 0 aromatic heterocycles. The second kappa shape index (κ2) is 11.7. The highest BCUT2D eigenvalue weighted by molar-refractivity contribution is 5.94. The molecule has 0 radical (unpaired) electrons. The van der Waals surface area contributed by atoms with E-state index in [9.17, 15) is 9.59 Å². The third kappa shape index (κ3) is 7.92. The summed E-state index contributed by atoms with van der Waals surface area (Å²) >= 11 is 0. The van der Waals surface area contributed by atoms with E-state index in [1.54, 1.807) is 12.1 Å². The fourth-order valence-electron chi connectivity index (χ4n) is 2.41. The molecule has 0 heterocycles. The molecule has 27 heavy (non-hydrogen) atoms. The summed E-state index contributed by atoms with van der Waals surface area (Å²) in [5, 5.41) is 5.69. The molecule has 6 nitrogen and oxygen atoms in total. The Kier molecular flexibility index (Phi) is 8.86. The minimum atomic E-state index is -0.113. The van der Waals surface area contributed by atoms with Crippen LogP contribution in [0.3, 0.4) is 0 Å². The maximum Gasteiger partial charge on any atom is 0.251 e. The van der Waals surface area contributed by atoms with Crippen LogP contribution >= 0.6 is 0 Å². The van der Waals surface area contributed by atoms with E-state index in [0.717, 1.165) is 17.7 Å². The molecule has 0 aliphatic carbocycles. The Labute approximate surface area is 160 Å². The molecular weight excluding hydrogens is 342 g/mol. The van der Waals surface area contributed by atoms with Crippen molar-refractivity contribution in [2.24, 2.45) is 5.73 Å². The van der Waals surface area contributed by atoms with E-state index in [4.69, 9.17) is 10.5 Å². The summed E-state index contributed by atoms with van der Waals surface area (Å²) in [5.41, 5.74) is 6.95. The number of benzene rings is 2. The quantitative estimate of drug-likeness (QED) is 0.530. The van der Waals surface area contributed by atoms with Crippen LogP contribution in [0.4, 0.5) is 0 Å². The van der Waals surface area contributed by atoms with Crippen LogP contribution in [-0.2, 0) is 11.3 Å². The van der Waals surface area contributed by atoms with Gasteiger partial charge in [-0.15, -0.1) is 0 Å². The normalized spacial score (nSPS) is 10.3. The largest absolute Gasteiger partial charge is 0.494 e. The first-order chi connectivity index (χ1) is 13.2. The summed E-state index contributed by atoms with van der Waals surface area (Å²) < 4.78 is 5.57. The highest BCUT2D eigenvalue weighted by Gasteiger charge is 2.05. The van der Waals surface area contributed by atoms with Gasteiger partial charge in [0.1, 0.15) is 5.75 Å². The van der Waals surface area contributed by atoms with Gasteiger partial charge in [0.25, 0.3) is 5.91 Å². The highest BCUT2D eigenvalue weighted by atomic mass is 16.5. The van der Waals surface area contributed by atoms with Crippen molar-refractivity contribution in [3.05, 3.63) is 65.7 Å². The maximum atomic E-state index is 11.9. The number of hydrogen-bond acceptors (Lipinski definition) is 4. The number of para-hydroxylation sites is 1. The maximum absolute atomic E-state index is 11.9. The third-order valence-corrected chi connectivity index (χ3v) is 3.93. The van der Waals surface area contributed by atoms with Gasteiger partial charge in [0.05, 0.1) is 6.61 Å². The van der Waals surface area contributed by atoms with Crippen molar-refractivity contribution < 1.29 is 14.3 Å². The molecule has 144 valence electrons. The number of nitrogens with two attached hydrogens (primary N) is 1. The SMILES string of the molecule is NCCCNC(=O)c1ccc(CNC(=O)CCCOc2ccccc2)cc1. The van der Waals surface area contributed by atoms with E-state index in [1.165, 1.54) is 0 Å². The second-order valence-electron chi connectivity index (χ2n) is 6.14. The molecule has 0 aliphatic heterocycles. The standard InChI is InChI=1S/C21H27N3O3/c22-13-5-14-23-21(26)18-11-9-17(10-12-18)16-24-20(25)8-4-15-27-19-6-2-1-3-7-19/h1-3,6-7,9-12H,4-5,8,13-16,22H2,(H,23,26)(H,24,25). The molecule has 2 aromatic carbocycles. The van der Waals surface area contributed by atoms with Gasteiger partial charge in [0.15, 0.2) is 0 Å². The second-order valence-corrected chi connectivity index (χ2v) is 6.14. The number of ether oxygens (including phenoxy) is 1. The molecule has 6 heteroatoms. The minimum absolute atomic E-state index is 0.0183. The lowest BCUT2D eigenvalue weighted by atomic mass is 10.1. The van der Waals surface area contributed by atoms with E-state index in [0.29, 0.717) is 44.6 Å². The Morgan fingerprint density at radius 3 is 2.37 bits per heavy atom. The molecule has 0 unspecified atom stereocenters. The van der Waals surface area contributed by atoms with Gasteiger partial charge < -0.3 is 21.1 Å². The summed E-state index contributed by atoms with van der Waals surface area (Å²) in [7, 11) is 0. The molecule has 0 aliphatic rings. The van der Waals surface area contributed by atoms with Gasteiger partial charge in [0.2, 0.25) is 5.91 Å².